The summed E-state index contributed by atoms with van der Waals surface area (Å²) < 4.78 is 0. The third-order valence-electron chi connectivity index (χ3n) is 4.99. The minimum Gasteiger partial charge on any atom is -0.325 e. The van der Waals surface area contributed by atoms with Crippen molar-refractivity contribution in [2.75, 3.05) is 6.54 Å². The van der Waals surface area contributed by atoms with Gasteiger partial charge in [0.1, 0.15) is 0 Å². The smallest absolute Gasteiger partial charge is 0.244 e. The van der Waals surface area contributed by atoms with Gasteiger partial charge in [-0.15, -0.1) is 0 Å². The number of carbonyl (C=O) groups excluding carboxylic acids is 1. The molecule has 3 heteroatoms. The number of amides is 1. The van der Waals surface area contributed by atoms with E-state index in [9.17, 15) is 4.79 Å². The van der Waals surface area contributed by atoms with Gasteiger partial charge in [-0.1, -0.05) is 26.7 Å². The van der Waals surface area contributed by atoms with E-state index in [0.717, 1.165) is 25.8 Å². The molecule has 1 amide bonds. The molecule has 3 aliphatic rings. The fraction of sp³-hybridized carbons (Fsp3) is 0.929. The first kappa shape index (κ1) is 11.5. The molecule has 0 aromatic heterocycles. The highest BCUT2D eigenvalue weighted by molar-refractivity contribution is 5.89. The molecule has 1 heterocycles. The number of nitrogens with zero attached hydrogens (tertiary/aromatic N) is 1. The van der Waals surface area contributed by atoms with Gasteiger partial charge in [-0.25, -0.2) is 0 Å². The molecule has 0 bridgehead atoms. The molecule has 96 valence electrons. The van der Waals surface area contributed by atoms with Crippen molar-refractivity contribution in [3.8, 4) is 0 Å². The van der Waals surface area contributed by atoms with Crippen LogP contribution < -0.4 is 5.32 Å². The van der Waals surface area contributed by atoms with E-state index < -0.39 is 0 Å². The Kier molecular flexibility index (Phi) is 2.51. The van der Waals surface area contributed by atoms with Crippen LogP contribution in [0.1, 0.15) is 58.8 Å². The van der Waals surface area contributed by atoms with Crippen LogP contribution in [0.5, 0.6) is 0 Å². The fourth-order valence-electron chi connectivity index (χ4n) is 3.50. The van der Waals surface area contributed by atoms with E-state index >= 15 is 0 Å². The van der Waals surface area contributed by atoms with Crippen molar-refractivity contribution in [3.63, 3.8) is 0 Å². The monoisotopic (exact) mass is 236 g/mol. The second-order valence-corrected chi connectivity index (χ2v) is 6.60. The summed E-state index contributed by atoms with van der Waals surface area (Å²) in [6.45, 7) is 5.47. The van der Waals surface area contributed by atoms with Crippen LogP contribution in [0.3, 0.4) is 0 Å². The number of carbonyl (C=O) groups is 1. The highest BCUT2D eigenvalue weighted by atomic mass is 16.2. The molecule has 17 heavy (non-hydrogen) atoms. The van der Waals surface area contributed by atoms with Crippen LogP contribution in [0.15, 0.2) is 0 Å². The van der Waals surface area contributed by atoms with Gasteiger partial charge in [-0.05, 0) is 37.5 Å². The van der Waals surface area contributed by atoms with Crippen molar-refractivity contribution >= 4 is 5.91 Å². The van der Waals surface area contributed by atoms with Crippen LogP contribution in [-0.4, -0.2) is 29.1 Å². The van der Waals surface area contributed by atoms with Crippen molar-refractivity contribution < 1.29 is 4.79 Å². The molecule has 1 N–H and O–H groups in total. The first-order valence-electron chi connectivity index (χ1n) is 7.17. The van der Waals surface area contributed by atoms with E-state index in [-0.39, 0.29) is 11.7 Å². The van der Waals surface area contributed by atoms with Crippen LogP contribution in [0, 0.1) is 5.41 Å². The summed E-state index contributed by atoms with van der Waals surface area (Å²) >= 11 is 0. The minimum atomic E-state index is -0.175. The summed E-state index contributed by atoms with van der Waals surface area (Å²) in [5.41, 5.74) is 0.251. The zero-order valence-electron chi connectivity index (χ0n) is 11.1. The van der Waals surface area contributed by atoms with Crippen molar-refractivity contribution in [3.05, 3.63) is 0 Å². The molecule has 0 aromatic carbocycles. The molecule has 0 aromatic rings. The van der Waals surface area contributed by atoms with E-state index in [1.165, 1.54) is 25.7 Å². The summed E-state index contributed by atoms with van der Waals surface area (Å²) in [4.78, 5) is 14.8. The Labute approximate surface area is 104 Å². The lowest BCUT2D eigenvalue weighted by Gasteiger charge is -2.26. The first-order valence-corrected chi connectivity index (χ1v) is 7.17. The predicted molar refractivity (Wildman–Crippen MR) is 67.5 cm³/mol. The summed E-state index contributed by atoms with van der Waals surface area (Å²) in [7, 11) is 0. The summed E-state index contributed by atoms with van der Waals surface area (Å²) in [6.07, 6.45) is 8.42. The Bertz CT molecular complexity index is 329. The predicted octanol–water partition coefficient (Wildman–Crippen LogP) is 2.27. The zero-order chi connectivity index (χ0) is 12.1. The zero-order valence-corrected chi connectivity index (χ0v) is 11.1. The number of rotatable bonds is 3. The molecule has 1 atom stereocenters. The minimum absolute atomic E-state index is 0.175. The molecule has 2 aliphatic carbocycles. The molecule has 1 unspecified atom stereocenters. The van der Waals surface area contributed by atoms with Crippen LogP contribution in [0.25, 0.3) is 0 Å². The van der Waals surface area contributed by atoms with Gasteiger partial charge in [0.05, 0.1) is 11.7 Å². The van der Waals surface area contributed by atoms with Crippen molar-refractivity contribution in [2.24, 2.45) is 5.41 Å². The Morgan fingerprint density at radius 3 is 2.47 bits per heavy atom. The van der Waals surface area contributed by atoms with E-state index in [1.54, 1.807) is 0 Å². The van der Waals surface area contributed by atoms with Crippen LogP contribution >= 0.6 is 0 Å². The maximum absolute atomic E-state index is 12.7. The molecule has 3 nitrogen and oxygen atoms in total. The number of hydrogen-bond acceptors (Lipinski definition) is 2. The average molecular weight is 236 g/mol. The van der Waals surface area contributed by atoms with E-state index in [4.69, 9.17) is 0 Å². The molecule has 0 radical (unpaired) electrons. The first-order chi connectivity index (χ1) is 8.09. The summed E-state index contributed by atoms with van der Waals surface area (Å²) in [5, 5.41) is 3.64. The van der Waals surface area contributed by atoms with E-state index in [0.29, 0.717) is 11.3 Å². The second kappa shape index (κ2) is 3.71. The van der Waals surface area contributed by atoms with Gasteiger partial charge >= 0.3 is 0 Å². The van der Waals surface area contributed by atoms with Gasteiger partial charge in [0.25, 0.3) is 0 Å². The van der Waals surface area contributed by atoms with Crippen molar-refractivity contribution in [2.45, 2.75) is 70.5 Å². The molecule has 1 aliphatic heterocycles. The van der Waals surface area contributed by atoms with Gasteiger partial charge in [-0.3, -0.25) is 10.1 Å². The second-order valence-electron chi connectivity index (χ2n) is 6.60. The van der Waals surface area contributed by atoms with Crippen LogP contribution in [0.4, 0.5) is 0 Å². The summed E-state index contributed by atoms with van der Waals surface area (Å²) in [6, 6.07) is 0. The van der Waals surface area contributed by atoms with Gasteiger partial charge < -0.3 is 4.90 Å². The quantitative estimate of drug-likeness (QED) is 0.815. The lowest BCUT2D eigenvalue weighted by Crippen LogP contribution is -2.44. The molecular weight excluding hydrogens is 212 g/mol. The molecule has 3 fully saturated rings. The van der Waals surface area contributed by atoms with Gasteiger partial charge in [-0.2, -0.15) is 0 Å². The Hall–Kier alpha value is -0.570. The molecule has 3 rings (SSSR count). The lowest BCUT2D eigenvalue weighted by molar-refractivity contribution is -0.133. The number of nitrogens with one attached hydrogen (secondary N) is 1. The van der Waals surface area contributed by atoms with Gasteiger partial charge in [0.15, 0.2) is 0 Å². The topological polar surface area (TPSA) is 32.3 Å². The average Bonchev–Trinajstić information content (AvgIpc) is 2.77. The molecule has 2 saturated carbocycles. The standard InChI is InChI=1S/C14H24N2O/c1-3-11-15-14(6-4-5-7-14)12(17)16(11)10-13(2)8-9-13/h11,15H,3-10H2,1-2H3. The Morgan fingerprint density at radius 1 is 1.29 bits per heavy atom. The summed E-state index contributed by atoms with van der Waals surface area (Å²) in [5.74, 6) is 0.398. The van der Waals surface area contributed by atoms with Crippen LogP contribution in [-0.2, 0) is 4.79 Å². The number of hydrogen-bond donors (Lipinski definition) is 1. The van der Waals surface area contributed by atoms with Crippen LogP contribution in [0.2, 0.25) is 0 Å². The third-order valence-corrected chi connectivity index (χ3v) is 4.99. The van der Waals surface area contributed by atoms with E-state index in [1.807, 2.05) is 0 Å². The highest BCUT2D eigenvalue weighted by Gasteiger charge is 2.54. The lowest BCUT2D eigenvalue weighted by atomic mass is 9.97. The highest BCUT2D eigenvalue weighted by Crippen LogP contribution is 2.47. The maximum Gasteiger partial charge on any atom is 0.244 e. The molecule has 1 spiro atoms. The maximum atomic E-state index is 12.7. The van der Waals surface area contributed by atoms with Crippen molar-refractivity contribution in [1.82, 2.24) is 10.2 Å². The van der Waals surface area contributed by atoms with E-state index in [2.05, 4.69) is 24.1 Å². The van der Waals surface area contributed by atoms with Gasteiger partial charge in [0.2, 0.25) is 5.91 Å². The molecular formula is C14H24N2O. The third kappa shape index (κ3) is 1.79. The Balaban J connectivity index is 1.79. The van der Waals surface area contributed by atoms with Crippen molar-refractivity contribution in [1.29, 1.82) is 0 Å². The normalized spacial score (nSPS) is 33.6. The van der Waals surface area contributed by atoms with Gasteiger partial charge in [0, 0.05) is 6.54 Å². The largest absolute Gasteiger partial charge is 0.325 e. The fourth-order valence-corrected chi connectivity index (χ4v) is 3.50. The SMILES string of the molecule is CCC1NC2(CCCC2)C(=O)N1CC1(C)CC1. The Morgan fingerprint density at radius 2 is 1.94 bits per heavy atom. The molecule has 1 saturated heterocycles.